The van der Waals surface area contributed by atoms with Crippen LogP contribution in [0.3, 0.4) is 0 Å². The van der Waals surface area contributed by atoms with Gasteiger partial charge in [-0.15, -0.1) is 22.7 Å². The predicted molar refractivity (Wildman–Crippen MR) is 222 cm³/mol. The minimum absolute atomic E-state index is 0.125. The van der Waals surface area contributed by atoms with Crippen molar-refractivity contribution in [2.45, 2.75) is 25.7 Å². The maximum Gasteiger partial charge on any atom is 0.336 e. The Morgan fingerprint density at radius 3 is 1.78 bits per heavy atom. The summed E-state index contributed by atoms with van der Waals surface area (Å²) in [7, 11) is 0. The maximum atomic E-state index is 12.9. The Bertz CT molecular complexity index is 2600. The summed E-state index contributed by atoms with van der Waals surface area (Å²) in [6.45, 7) is 0. The number of aryl methyl sites for hydroxylation is 4. The first-order valence-electron chi connectivity index (χ1n) is 16.4. The number of hydrogen-bond acceptors (Lipinski definition) is 10. The number of pyridine rings is 2. The van der Waals surface area contributed by atoms with E-state index >= 15 is 0 Å². The number of carbonyl (C=O) groups excluding carboxylic acids is 1. The van der Waals surface area contributed by atoms with E-state index in [4.69, 9.17) is 28.3 Å². The zero-order chi connectivity index (χ0) is 38.7. The second-order valence-electron chi connectivity index (χ2n) is 11.6. The molecule has 17 heteroatoms. The summed E-state index contributed by atoms with van der Waals surface area (Å²) in [6.07, 6.45) is 6.39. The molecule has 0 bridgehead atoms. The summed E-state index contributed by atoms with van der Waals surface area (Å²) in [5, 5.41) is 27.0. The van der Waals surface area contributed by atoms with Crippen LogP contribution in [0, 0.1) is 0 Å². The van der Waals surface area contributed by atoms with Crippen molar-refractivity contribution in [1.29, 1.82) is 0 Å². The Balaban J connectivity index is 0.000000160. The number of H-pyrrole nitrogens is 3. The van der Waals surface area contributed by atoms with Crippen LogP contribution in [0.1, 0.15) is 41.9 Å². The van der Waals surface area contributed by atoms with Crippen molar-refractivity contribution in [2.24, 2.45) is 0 Å². The third-order valence-corrected chi connectivity index (χ3v) is 11.8. The minimum Gasteiger partial charge on any atom is -0.478 e. The summed E-state index contributed by atoms with van der Waals surface area (Å²) in [5.41, 5.74) is 5.36. The van der Waals surface area contributed by atoms with Gasteiger partial charge in [0.15, 0.2) is 0 Å². The van der Waals surface area contributed by atoms with Gasteiger partial charge in [-0.3, -0.25) is 19.5 Å². The van der Waals surface area contributed by atoms with E-state index in [1.807, 2.05) is 47.8 Å². The van der Waals surface area contributed by atoms with Crippen molar-refractivity contribution in [2.75, 3.05) is 0 Å². The number of nitrogens with zero attached hydrogens (tertiary/aromatic N) is 3. The van der Waals surface area contributed by atoms with Crippen LogP contribution in [0.25, 0.3) is 22.5 Å². The van der Waals surface area contributed by atoms with E-state index in [0.29, 0.717) is 28.8 Å². The van der Waals surface area contributed by atoms with Gasteiger partial charge in [-0.1, -0.05) is 23.2 Å². The van der Waals surface area contributed by atoms with Gasteiger partial charge in [-0.25, -0.2) is 9.48 Å². The van der Waals surface area contributed by atoms with Crippen LogP contribution in [-0.4, -0.2) is 46.9 Å². The lowest BCUT2D eigenvalue weighted by atomic mass is 10.1. The van der Waals surface area contributed by atoms with Crippen LogP contribution in [0.2, 0.25) is 8.67 Å². The van der Waals surface area contributed by atoms with Crippen molar-refractivity contribution >= 4 is 80.4 Å². The topological polar surface area (TPSA) is 167 Å². The Labute approximate surface area is 339 Å². The molecule has 0 fully saturated rings. The Kier molecular flexibility index (Phi) is 13.6. The molecule has 0 spiro atoms. The fourth-order valence-electron chi connectivity index (χ4n) is 5.14. The van der Waals surface area contributed by atoms with Crippen LogP contribution in [0.15, 0.2) is 116 Å². The van der Waals surface area contributed by atoms with Crippen LogP contribution in [-0.2, 0) is 25.7 Å². The van der Waals surface area contributed by atoms with Crippen molar-refractivity contribution in [3.8, 4) is 22.5 Å². The zero-order valence-electron chi connectivity index (χ0n) is 28.5. The van der Waals surface area contributed by atoms with E-state index in [0.717, 1.165) is 55.5 Å². The van der Waals surface area contributed by atoms with Crippen LogP contribution in [0.4, 0.5) is 0 Å². The lowest BCUT2D eigenvalue weighted by Gasteiger charge is -2.04. The average molecular weight is 850 g/mol. The van der Waals surface area contributed by atoms with Crippen LogP contribution >= 0.6 is 68.5 Å². The van der Waals surface area contributed by atoms with Crippen molar-refractivity contribution < 1.29 is 14.7 Å². The molecule has 11 nitrogen and oxygen atoms in total. The second kappa shape index (κ2) is 18.9. The molecule has 8 rings (SSSR count). The van der Waals surface area contributed by atoms with Gasteiger partial charge in [0, 0.05) is 67.6 Å². The number of aromatic carboxylic acids is 1. The fourth-order valence-corrected chi connectivity index (χ4v) is 8.57. The highest BCUT2D eigenvalue weighted by Gasteiger charge is 2.18. The molecule has 0 aliphatic carbocycles. The standard InChI is InChI=1S/C19H14ClN3O2S2.C14H12ClN3OS.C5H4O2S/c20-17-4-3-15(27-17)2-1-14-10-16(12-5-7-21-18(24)9-12)22-23(14)19(25)13-6-8-26-11-13;15-13-4-3-11(20-13)2-1-10-8-12(18-17-10)9-5-6-16-14(19)7-9;6-5(7)4-1-2-8-3-4/h3-11H,1-2H2,(H,21,24);3-8H,1-2H2,(H,16,19)(H,17,18);1-3H,(H,6,7). The maximum absolute atomic E-state index is 12.9. The van der Waals surface area contributed by atoms with E-state index in [1.54, 1.807) is 64.1 Å². The van der Waals surface area contributed by atoms with E-state index in [9.17, 15) is 19.2 Å². The molecule has 0 saturated carbocycles. The molecule has 0 amide bonds. The van der Waals surface area contributed by atoms with Gasteiger partial charge < -0.3 is 15.1 Å². The quantitative estimate of drug-likeness (QED) is 0.106. The Hall–Kier alpha value is -5.16. The molecular weight excluding hydrogens is 820 g/mol. The third kappa shape index (κ3) is 11.2. The summed E-state index contributed by atoms with van der Waals surface area (Å²) < 4.78 is 3.00. The fraction of sp³-hybridized carbons (Fsp3) is 0.105. The van der Waals surface area contributed by atoms with Gasteiger partial charge in [-0.05, 0) is 97.1 Å². The molecule has 55 heavy (non-hydrogen) atoms. The number of hydrogen-bond donors (Lipinski definition) is 4. The molecule has 0 saturated heterocycles. The first kappa shape index (κ1) is 39.5. The monoisotopic (exact) mass is 848 g/mol. The van der Waals surface area contributed by atoms with Crippen LogP contribution < -0.4 is 11.1 Å². The third-order valence-electron chi connectivity index (χ3n) is 7.81. The SMILES string of the molecule is O=C(O)c1ccsc1.O=C(c1ccsc1)n1nc(-c2cc[nH]c(=O)c2)cc1CCc1ccc(Cl)s1.O=c1cc(-c2cc(CCc3ccc(Cl)s3)[nH]n2)cc[nH]1. The molecule has 8 heterocycles. The van der Waals surface area contributed by atoms with Crippen molar-refractivity contribution in [1.82, 2.24) is 29.9 Å². The molecule has 0 unspecified atom stereocenters. The van der Waals surface area contributed by atoms with Gasteiger partial charge in [-0.2, -0.15) is 32.9 Å². The van der Waals surface area contributed by atoms with E-state index in [1.165, 1.54) is 49.6 Å². The van der Waals surface area contributed by atoms with Crippen molar-refractivity contribution in [3.63, 3.8) is 0 Å². The number of aromatic amines is 3. The molecule has 0 radical (unpaired) electrons. The number of carboxylic acids is 1. The first-order valence-corrected chi connectivity index (χ1v) is 20.7. The van der Waals surface area contributed by atoms with Gasteiger partial charge in [0.2, 0.25) is 11.1 Å². The van der Waals surface area contributed by atoms with Gasteiger partial charge >= 0.3 is 5.97 Å². The molecule has 4 N–H and O–H groups in total. The molecule has 0 aliphatic heterocycles. The Morgan fingerprint density at radius 1 is 0.691 bits per heavy atom. The number of rotatable bonds is 10. The molecular formula is C38H30Cl2N6O5S4. The van der Waals surface area contributed by atoms with Crippen molar-refractivity contribution in [3.05, 3.63) is 168 Å². The van der Waals surface area contributed by atoms with Gasteiger partial charge in [0.25, 0.3) is 5.91 Å². The lowest BCUT2D eigenvalue weighted by Crippen LogP contribution is -2.16. The molecule has 0 aromatic carbocycles. The number of carbonyl (C=O) groups is 2. The highest BCUT2D eigenvalue weighted by atomic mass is 35.5. The number of thiophene rings is 4. The minimum atomic E-state index is -0.855. The normalized spacial score (nSPS) is 10.7. The molecule has 0 aliphatic rings. The van der Waals surface area contributed by atoms with Gasteiger partial charge in [0.05, 0.1) is 31.2 Å². The van der Waals surface area contributed by atoms with Crippen LogP contribution in [0.5, 0.6) is 0 Å². The second-order valence-corrected chi connectivity index (χ2v) is 16.8. The van der Waals surface area contributed by atoms with E-state index in [-0.39, 0.29) is 17.0 Å². The highest BCUT2D eigenvalue weighted by molar-refractivity contribution is 7.16. The number of carboxylic acid groups (broad SMARTS) is 1. The first-order chi connectivity index (χ1) is 26.6. The number of nitrogens with one attached hydrogen (secondary N) is 3. The summed E-state index contributed by atoms with van der Waals surface area (Å²) in [5.74, 6) is -1.03. The van der Waals surface area contributed by atoms with Gasteiger partial charge in [0.1, 0.15) is 0 Å². The summed E-state index contributed by atoms with van der Waals surface area (Å²) in [4.78, 5) is 53.4. The summed E-state index contributed by atoms with van der Waals surface area (Å²) in [6, 6.07) is 21.6. The highest BCUT2D eigenvalue weighted by Crippen LogP contribution is 2.26. The average Bonchev–Trinajstić information content (AvgIpc) is 4.02. The molecule has 8 aromatic heterocycles. The molecule has 0 atom stereocenters. The zero-order valence-corrected chi connectivity index (χ0v) is 33.3. The van der Waals surface area contributed by atoms with E-state index < -0.39 is 5.97 Å². The molecule has 8 aromatic rings. The Morgan fingerprint density at radius 2 is 1.27 bits per heavy atom. The summed E-state index contributed by atoms with van der Waals surface area (Å²) >= 11 is 17.9. The van der Waals surface area contributed by atoms with E-state index in [2.05, 4.69) is 25.3 Å². The molecule has 280 valence electrons. The largest absolute Gasteiger partial charge is 0.478 e. The number of aromatic nitrogens is 6. The predicted octanol–water partition coefficient (Wildman–Crippen LogP) is 9.20. The number of halogens is 2. The smallest absolute Gasteiger partial charge is 0.336 e. The lowest BCUT2D eigenvalue weighted by molar-refractivity contribution is 0.0697.